The molecule has 0 aliphatic rings. The monoisotopic (exact) mass is 324 g/mol. The normalized spacial score (nSPS) is 11.3. The van der Waals surface area contributed by atoms with Gasteiger partial charge in [-0.3, -0.25) is 9.78 Å². The van der Waals surface area contributed by atoms with Crippen LogP contribution in [0.25, 0.3) is 11.3 Å². The molecule has 120 valence electrons. The molecule has 0 saturated heterocycles. The molecule has 1 amide bonds. The molecule has 0 fully saturated rings. The summed E-state index contributed by atoms with van der Waals surface area (Å²) in [5, 5.41) is 9.14. The van der Waals surface area contributed by atoms with E-state index in [0.29, 0.717) is 17.7 Å². The number of nitrogens with zero attached hydrogens (tertiary/aromatic N) is 1. The van der Waals surface area contributed by atoms with Gasteiger partial charge in [-0.25, -0.2) is 4.79 Å². The van der Waals surface area contributed by atoms with Gasteiger partial charge in [0.1, 0.15) is 0 Å². The Morgan fingerprint density at radius 3 is 2.35 bits per heavy atom. The zero-order chi connectivity index (χ0) is 17.4. The smallest absolute Gasteiger partial charge is 0.416 e. The van der Waals surface area contributed by atoms with Gasteiger partial charge in [-0.05, 0) is 36.8 Å². The summed E-state index contributed by atoms with van der Waals surface area (Å²) in [7, 11) is 0. The van der Waals surface area contributed by atoms with Gasteiger partial charge in [0.25, 0.3) is 0 Å². The van der Waals surface area contributed by atoms with Crippen LogP contribution in [0.5, 0.6) is 0 Å². The number of halogens is 3. The van der Waals surface area contributed by atoms with Crippen LogP contribution in [-0.2, 0) is 6.18 Å². The molecule has 1 aromatic carbocycles. The van der Waals surface area contributed by atoms with Crippen LogP contribution in [0.1, 0.15) is 31.8 Å². The van der Waals surface area contributed by atoms with Crippen LogP contribution >= 0.6 is 0 Å². The third-order valence-corrected chi connectivity index (χ3v) is 3.13. The molecule has 23 heavy (non-hydrogen) atoms. The summed E-state index contributed by atoms with van der Waals surface area (Å²) < 4.78 is 39.0. The molecule has 5 nitrogen and oxygen atoms in total. The number of carboxylic acid groups (broad SMARTS) is 1. The predicted octanol–water partition coefficient (Wildman–Crippen LogP) is 2.87. The largest absolute Gasteiger partial charge is 0.478 e. The number of carboxylic acids is 1. The first kappa shape index (κ1) is 16.5. The highest BCUT2D eigenvalue weighted by Gasteiger charge is 2.34. The molecule has 8 heteroatoms. The molecule has 0 radical (unpaired) electrons. The summed E-state index contributed by atoms with van der Waals surface area (Å²) in [6, 6.07) is 4.11. The Labute approximate surface area is 128 Å². The Bertz CT molecular complexity index is 801. The second kappa shape index (κ2) is 5.71. The van der Waals surface area contributed by atoms with Gasteiger partial charge in [-0.15, -0.1) is 0 Å². The van der Waals surface area contributed by atoms with E-state index in [2.05, 4.69) is 4.98 Å². The van der Waals surface area contributed by atoms with E-state index in [4.69, 9.17) is 10.8 Å². The number of carbonyl (C=O) groups excluding carboxylic acids is 1. The number of aryl methyl sites for hydroxylation is 1. The number of aromatic carboxylic acids is 1. The predicted molar refractivity (Wildman–Crippen MR) is 74.9 cm³/mol. The van der Waals surface area contributed by atoms with Gasteiger partial charge in [0, 0.05) is 11.8 Å². The van der Waals surface area contributed by atoms with E-state index in [1.54, 1.807) is 13.0 Å². The third kappa shape index (κ3) is 3.31. The van der Waals surface area contributed by atoms with Gasteiger partial charge in [-0.2, -0.15) is 13.2 Å². The van der Waals surface area contributed by atoms with E-state index in [1.165, 1.54) is 12.3 Å². The lowest BCUT2D eigenvalue weighted by Gasteiger charge is -2.14. The van der Waals surface area contributed by atoms with Crippen molar-refractivity contribution in [2.24, 2.45) is 5.73 Å². The van der Waals surface area contributed by atoms with E-state index in [0.717, 1.165) is 0 Å². The number of benzene rings is 1. The van der Waals surface area contributed by atoms with Crippen LogP contribution < -0.4 is 5.73 Å². The van der Waals surface area contributed by atoms with Crippen LogP contribution in [0.2, 0.25) is 0 Å². The molecule has 2 rings (SSSR count). The third-order valence-electron chi connectivity index (χ3n) is 3.13. The number of pyridine rings is 1. The van der Waals surface area contributed by atoms with Crippen molar-refractivity contribution >= 4 is 11.9 Å². The quantitative estimate of drug-likeness (QED) is 0.908. The maximum Gasteiger partial charge on any atom is 0.416 e. The Morgan fingerprint density at radius 1 is 1.22 bits per heavy atom. The van der Waals surface area contributed by atoms with Crippen molar-refractivity contribution in [2.45, 2.75) is 13.1 Å². The molecule has 0 bridgehead atoms. The first-order chi connectivity index (χ1) is 10.6. The summed E-state index contributed by atoms with van der Waals surface area (Å²) in [5.74, 6) is -2.83. The molecule has 0 saturated carbocycles. The van der Waals surface area contributed by atoms with Crippen molar-refractivity contribution in [1.29, 1.82) is 0 Å². The van der Waals surface area contributed by atoms with E-state index >= 15 is 0 Å². The van der Waals surface area contributed by atoms with E-state index in [9.17, 15) is 22.8 Å². The summed E-state index contributed by atoms with van der Waals surface area (Å²) in [4.78, 5) is 26.8. The fourth-order valence-electron chi connectivity index (χ4n) is 2.13. The lowest BCUT2D eigenvalue weighted by Crippen LogP contribution is -2.20. The van der Waals surface area contributed by atoms with Crippen molar-refractivity contribution in [3.8, 4) is 11.3 Å². The fourth-order valence-corrected chi connectivity index (χ4v) is 2.13. The maximum atomic E-state index is 13.0. The van der Waals surface area contributed by atoms with Gasteiger partial charge in [0.05, 0.1) is 22.4 Å². The summed E-state index contributed by atoms with van der Waals surface area (Å²) in [6.07, 6.45) is -3.44. The zero-order valence-electron chi connectivity index (χ0n) is 11.8. The molecule has 2 aromatic rings. The number of amides is 1. The van der Waals surface area contributed by atoms with E-state index < -0.39 is 34.7 Å². The van der Waals surface area contributed by atoms with Crippen molar-refractivity contribution in [1.82, 2.24) is 4.98 Å². The Balaban J connectivity index is 2.89. The van der Waals surface area contributed by atoms with Gasteiger partial charge in [-0.1, -0.05) is 0 Å². The van der Waals surface area contributed by atoms with Crippen LogP contribution in [0, 0.1) is 6.92 Å². The second-order valence-electron chi connectivity index (χ2n) is 4.83. The molecule has 3 N–H and O–H groups in total. The standard InChI is InChI=1S/C15H11F3N2O3/c1-7-2-3-20-11(4-7)9-5-8(15(16,17)18)6-10(14(22)23)12(9)13(19)21/h2-6H,1H3,(H2,19,21)(H,22,23). The van der Waals surface area contributed by atoms with Gasteiger partial charge < -0.3 is 10.8 Å². The number of nitrogens with two attached hydrogens (primary N) is 1. The van der Waals surface area contributed by atoms with Crippen molar-refractivity contribution in [3.63, 3.8) is 0 Å². The Kier molecular flexibility index (Phi) is 4.09. The molecule has 0 spiro atoms. The fraction of sp³-hybridized carbons (Fsp3) is 0.133. The molecule has 1 aromatic heterocycles. The highest BCUT2D eigenvalue weighted by Crippen LogP contribution is 2.35. The SMILES string of the molecule is Cc1ccnc(-c2cc(C(F)(F)F)cc(C(=O)O)c2C(N)=O)c1. The average Bonchev–Trinajstić information content (AvgIpc) is 2.44. The van der Waals surface area contributed by atoms with Gasteiger partial charge in [0.2, 0.25) is 5.91 Å². The van der Waals surface area contributed by atoms with E-state index in [-0.39, 0.29) is 11.3 Å². The van der Waals surface area contributed by atoms with Crippen molar-refractivity contribution < 1.29 is 27.9 Å². The highest BCUT2D eigenvalue weighted by atomic mass is 19.4. The number of alkyl halides is 3. The van der Waals surface area contributed by atoms with Crippen molar-refractivity contribution in [2.75, 3.05) is 0 Å². The van der Waals surface area contributed by atoms with Crippen LogP contribution in [0.15, 0.2) is 30.5 Å². The minimum absolute atomic E-state index is 0.0346. The minimum atomic E-state index is -4.78. The van der Waals surface area contributed by atoms with E-state index in [1.807, 2.05) is 0 Å². The first-order valence-corrected chi connectivity index (χ1v) is 6.32. The number of rotatable bonds is 3. The number of carbonyl (C=O) groups is 2. The molecule has 0 aliphatic heterocycles. The molecule has 1 heterocycles. The summed E-state index contributed by atoms with van der Waals surface area (Å²) in [5.41, 5.74) is 3.10. The number of hydrogen-bond donors (Lipinski definition) is 2. The second-order valence-corrected chi connectivity index (χ2v) is 4.83. The topological polar surface area (TPSA) is 93.3 Å². The average molecular weight is 324 g/mol. The highest BCUT2D eigenvalue weighted by molar-refractivity contribution is 6.09. The van der Waals surface area contributed by atoms with Crippen LogP contribution in [-0.4, -0.2) is 22.0 Å². The number of hydrogen-bond acceptors (Lipinski definition) is 3. The minimum Gasteiger partial charge on any atom is -0.478 e. The maximum absolute atomic E-state index is 13.0. The van der Waals surface area contributed by atoms with Crippen LogP contribution in [0.4, 0.5) is 13.2 Å². The lowest BCUT2D eigenvalue weighted by atomic mass is 9.94. The molecular weight excluding hydrogens is 313 g/mol. The summed E-state index contributed by atoms with van der Waals surface area (Å²) >= 11 is 0. The summed E-state index contributed by atoms with van der Waals surface area (Å²) in [6.45, 7) is 1.68. The number of aromatic nitrogens is 1. The molecule has 0 atom stereocenters. The molecular formula is C15H11F3N2O3. The molecule has 0 unspecified atom stereocenters. The first-order valence-electron chi connectivity index (χ1n) is 6.32. The van der Waals surface area contributed by atoms with Crippen LogP contribution in [0.3, 0.4) is 0 Å². The van der Waals surface area contributed by atoms with Crippen molar-refractivity contribution in [3.05, 3.63) is 52.7 Å². The Morgan fingerprint density at radius 2 is 1.87 bits per heavy atom. The number of primary amides is 1. The zero-order valence-corrected chi connectivity index (χ0v) is 11.8. The van der Waals surface area contributed by atoms with Gasteiger partial charge in [0.15, 0.2) is 0 Å². The Hall–Kier alpha value is -2.90. The van der Waals surface area contributed by atoms with Gasteiger partial charge >= 0.3 is 12.1 Å². The lowest BCUT2D eigenvalue weighted by molar-refractivity contribution is -0.137. The molecule has 0 aliphatic carbocycles.